The van der Waals surface area contributed by atoms with Crippen molar-refractivity contribution < 1.29 is 9.59 Å². The summed E-state index contributed by atoms with van der Waals surface area (Å²) in [6.07, 6.45) is 0.653. The maximum Gasteiger partial charge on any atom is 0.193 e. The minimum atomic E-state index is -0.000556. The van der Waals surface area contributed by atoms with Gasteiger partial charge in [-0.3, -0.25) is 9.59 Å². The number of Topliss-reactive ketones (excluding diaryl/α,β-unsaturated/α-hetero) is 1. The number of carbonyl (C=O) groups excluding carboxylic acids is 2. The summed E-state index contributed by atoms with van der Waals surface area (Å²) in [6.45, 7) is 0. The van der Waals surface area contributed by atoms with Gasteiger partial charge in [-0.2, -0.15) is 0 Å². The van der Waals surface area contributed by atoms with Crippen LogP contribution in [-0.4, -0.2) is 11.6 Å². The van der Waals surface area contributed by atoms with Crippen LogP contribution in [-0.2, 0) is 17.6 Å². The Morgan fingerprint density at radius 1 is 0.842 bits per heavy atom. The molecule has 1 aliphatic carbocycles. The van der Waals surface area contributed by atoms with E-state index in [0.717, 1.165) is 15.6 Å². The van der Waals surface area contributed by atoms with Gasteiger partial charge in [0, 0.05) is 28.4 Å². The third kappa shape index (κ3) is 2.26. The highest BCUT2D eigenvalue weighted by atomic mass is 79.9. The molecule has 19 heavy (non-hydrogen) atoms. The first kappa shape index (κ1) is 12.3. The average Bonchev–Trinajstić information content (AvgIpc) is 2.39. The highest BCUT2D eigenvalue weighted by Gasteiger charge is 2.22. The smallest absolute Gasteiger partial charge is 0.193 e. The molecular formula is C16H11BrO2. The van der Waals surface area contributed by atoms with Crippen molar-refractivity contribution in [3.63, 3.8) is 0 Å². The van der Waals surface area contributed by atoms with Crippen molar-refractivity contribution >= 4 is 27.5 Å². The molecule has 0 aliphatic heterocycles. The van der Waals surface area contributed by atoms with Crippen molar-refractivity contribution in [3.8, 4) is 0 Å². The second-order valence-electron chi connectivity index (χ2n) is 4.68. The quantitative estimate of drug-likeness (QED) is 0.747. The van der Waals surface area contributed by atoms with Gasteiger partial charge < -0.3 is 0 Å². The number of hydrogen-bond acceptors (Lipinski definition) is 2. The molecule has 3 rings (SSSR count). The Labute approximate surface area is 119 Å². The molecule has 0 heterocycles. The van der Waals surface area contributed by atoms with Gasteiger partial charge in [0.2, 0.25) is 0 Å². The highest BCUT2D eigenvalue weighted by Crippen LogP contribution is 2.25. The van der Waals surface area contributed by atoms with Gasteiger partial charge in [0.15, 0.2) is 5.78 Å². The molecule has 0 atom stereocenters. The summed E-state index contributed by atoms with van der Waals surface area (Å²) in [6, 6.07) is 12.9. The first-order valence-electron chi connectivity index (χ1n) is 6.08. The van der Waals surface area contributed by atoms with Crippen LogP contribution < -0.4 is 0 Å². The van der Waals surface area contributed by atoms with Crippen LogP contribution in [0.5, 0.6) is 0 Å². The molecule has 0 unspecified atom stereocenters. The maximum atomic E-state index is 12.6. The summed E-state index contributed by atoms with van der Waals surface area (Å²) in [5, 5.41) is 0. The molecule has 0 aromatic heterocycles. The summed E-state index contributed by atoms with van der Waals surface area (Å²) in [7, 11) is 0. The Morgan fingerprint density at radius 3 is 2.32 bits per heavy atom. The largest absolute Gasteiger partial charge is 0.299 e. The summed E-state index contributed by atoms with van der Waals surface area (Å²) in [5.74, 6) is 0.142. The first-order valence-corrected chi connectivity index (χ1v) is 6.87. The van der Waals surface area contributed by atoms with E-state index < -0.39 is 0 Å². The van der Waals surface area contributed by atoms with Gasteiger partial charge in [0.1, 0.15) is 5.78 Å². The zero-order chi connectivity index (χ0) is 13.4. The molecule has 2 aromatic carbocycles. The second-order valence-corrected chi connectivity index (χ2v) is 5.60. The third-order valence-corrected chi connectivity index (χ3v) is 3.85. The van der Waals surface area contributed by atoms with Crippen LogP contribution in [0.15, 0.2) is 46.9 Å². The van der Waals surface area contributed by atoms with Crippen LogP contribution in [0.4, 0.5) is 0 Å². The number of hydrogen-bond donors (Lipinski definition) is 0. The summed E-state index contributed by atoms with van der Waals surface area (Å²) < 4.78 is 0.852. The van der Waals surface area contributed by atoms with Gasteiger partial charge >= 0.3 is 0 Å². The lowest BCUT2D eigenvalue weighted by Crippen LogP contribution is -2.18. The molecular weight excluding hydrogens is 304 g/mol. The van der Waals surface area contributed by atoms with Crippen LogP contribution in [0.2, 0.25) is 0 Å². The topological polar surface area (TPSA) is 34.1 Å². The van der Waals surface area contributed by atoms with E-state index in [4.69, 9.17) is 0 Å². The minimum Gasteiger partial charge on any atom is -0.299 e. The predicted molar refractivity (Wildman–Crippen MR) is 76.4 cm³/mol. The maximum absolute atomic E-state index is 12.6. The van der Waals surface area contributed by atoms with Gasteiger partial charge in [-0.15, -0.1) is 0 Å². The fourth-order valence-corrected chi connectivity index (χ4v) is 2.80. The molecule has 0 radical (unpaired) electrons. The van der Waals surface area contributed by atoms with E-state index in [-0.39, 0.29) is 11.6 Å². The number of ketones is 2. The van der Waals surface area contributed by atoms with Crippen molar-refractivity contribution in [2.75, 3.05) is 0 Å². The van der Waals surface area contributed by atoms with Crippen molar-refractivity contribution in [2.45, 2.75) is 12.8 Å². The normalized spacial score (nSPS) is 14.4. The van der Waals surface area contributed by atoms with Crippen LogP contribution >= 0.6 is 15.9 Å². The Bertz CT molecular complexity index is 689. The van der Waals surface area contributed by atoms with E-state index in [2.05, 4.69) is 15.9 Å². The molecule has 0 spiro atoms. The second kappa shape index (κ2) is 4.74. The van der Waals surface area contributed by atoms with Gasteiger partial charge in [0.05, 0.1) is 0 Å². The van der Waals surface area contributed by atoms with Gasteiger partial charge in [-0.1, -0.05) is 46.3 Å². The van der Waals surface area contributed by atoms with Crippen molar-refractivity contribution in [1.29, 1.82) is 0 Å². The summed E-state index contributed by atoms with van der Waals surface area (Å²) in [4.78, 5) is 24.6. The number of fused-ring (bicyclic) bond motifs is 2. The van der Waals surface area contributed by atoms with Gasteiger partial charge in [-0.25, -0.2) is 0 Å². The molecule has 2 aromatic rings. The zero-order valence-electron chi connectivity index (χ0n) is 10.2. The standard InChI is InChI=1S/C16H11BrO2/c17-12-6-5-11-8-13(18)7-10-3-1-2-4-14(10)16(19)15(11)9-12/h1-6,9H,7-8H2. The Balaban J connectivity index is 2.24. The monoisotopic (exact) mass is 314 g/mol. The van der Waals surface area contributed by atoms with Crippen LogP contribution in [0.1, 0.15) is 27.0 Å². The van der Waals surface area contributed by atoms with Crippen molar-refractivity contribution in [2.24, 2.45) is 0 Å². The molecule has 3 heteroatoms. The Morgan fingerprint density at radius 2 is 1.53 bits per heavy atom. The van der Waals surface area contributed by atoms with Crippen LogP contribution in [0.3, 0.4) is 0 Å². The molecule has 0 fully saturated rings. The zero-order valence-corrected chi connectivity index (χ0v) is 11.7. The average molecular weight is 315 g/mol. The summed E-state index contributed by atoms with van der Waals surface area (Å²) in [5.41, 5.74) is 2.89. The van der Waals surface area contributed by atoms with E-state index in [1.807, 2.05) is 30.3 Å². The van der Waals surface area contributed by atoms with Crippen molar-refractivity contribution in [3.05, 3.63) is 69.2 Å². The molecule has 94 valence electrons. The molecule has 0 amide bonds. The fraction of sp³-hybridized carbons (Fsp3) is 0.125. The van der Waals surface area contributed by atoms with Crippen LogP contribution in [0.25, 0.3) is 0 Å². The van der Waals surface area contributed by atoms with Crippen LogP contribution in [0, 0.1) is 0 Å². The Kier molecular flexibility index (Phi) is 3.07. The fourth-order valence-electron chi connectivity index (χ4n) is 2.44. The third-order valence-electron chi connectivity index (χ3n) is 3.35. The Hall–Kier alpha value is -1.74. The van der Waals surface area contributed by atoms with Gasteiger partial charge in [0.25, 0.3) is 0 Å². The van der Waals surface area contributed by atoms with E-state index in [9.17, 15) is 9.59 Å². The molecule has 0 N–H and O–H groups in total. The van der Waals surface area contributed by atoms with E-state index in [1.54, 1.807) is 12.1 Å². The minimum absolute atomic E-state index is 0.000556. The lowest BCUT2D eigenvalue weighted by Gasteiger charge is -2.15. The SMILES string of the molecule is O=C1Cc2ccccc2C(=O)c2cc(Br)ccc2C1. The van der Waals surface area contributed by atoms with Gasteiger partial charge in [-0.05, 0) is 23.3 Å². The number of benzene rings is 2. The molecule has 2 nitrogen and oxygen atoms in total. The first-order chi connectivity index (χ1) is 9.15. The number of carbonyl (C=O) groups is 2. The van der Waals surface area contributed by atoms with Crippen molar-refractivity contribution in [1.82, 2.24) is 0 Å². The van der Waals surface area contributed by atoms with E-state index >= 15 is 0 Å². The summed E-state index contributed by atoms with van der Waals surface area (Å²) >= 11 is 3.38. The predicted octanol–water partition coefficient (Wildman–Crippen LogP) is 3.35. The van der Waals surface area contributed by atoms with E-state index in [0.29, 0.717) is 24.0 Å². The van der Waals surface area contributed by atoms with E-state index in [1.165, 1.54) is 0 Å². The number of halogens is 1. The lowest BCUT2D eigenvalue weighted by atomic mass is 9.87. The molecule has 1 aliphatic rings. The lowest BCUT2D eigenvalue weighted by molar-refractivity contribution is -0.117. The molecule has 0 bridgehead atoms. The highest BCUT2D eigenvalue weighted by molar-refractivity contribution is 9.10. The number of rotatable bonds is 0. The molecule has 0 saturated carbocycles. The molecule has 0 saturated heterocycles.